The smallest absolute Gasteiger partial charge is 0.0543 e. The van der Waals surface area contributed by atoms with E-state index >= 15 is 0 Å². The summed E-state index contributed by atoms with van der Waals surface area (Å²) in [7, 11) is 0. The molecule has 456 valence electrons. The number of nitrogens with zero attached hydrogens (tertiary/aromatic N) is 6. The first-order chi connectivity index (χ1) is 47.9. The molecule has 0 unspecified atom stereocenters. The Morgan fingerprint density at radius 3 is 0.804 bits per heavy atom. The molecular formula is C91H62N6. The van der Waals surface area contributed by atoms with Crippen molar-refractivity contribution in [3.8, 4) is 33.9 Å². The summed E-state index contributed by atoms with van der Waals surface area (Å²) in [5.41, 5.74) is 24.8. The molecule has 0 spiro atoms. The van der Waals surface area contributed by atoms with Crippen LogP contribution in [-0.2, 0) is 5.41 Å². The Labute approximate surface area is 560 Å². The number of para-hydroxylation sites is 8. The highest BCUT2D eigenvalue weighted by molar-refractivity contribution is 6.14. The number of fused-ring (bicyclic) bond motifs is 17. The molecule has 1 aliphatic carbocycles. The number of rotatable bonds is 10. The van der Waals surface area contributed by atoms with Gasteiger partial charge in [0, 0.05) is 105 Å². The van der Waals surface area contributed by atoms with Crippen molar-refractivity contribution in [2.24, 2.45) is 0 Å². The Morgan fingerprint density at radius 1 is 0.216 bits per heavy atom. The molecule has 0 saturated heterocycles. The first kappa shape index (κ1) is 54.9. The molecule has 19 aromatic rings. The topological polar surface area (TPSA) is 26.2 Å². The number of hydrogen-bond donors (Lipinski definition) is 0. The fourth-order valence-electron chi connectivity index (χ4n) is 16.6. The largest absolute Gasteiger partial charge is 0.310 e. The lowest BCUT2D eigenvalue weighted by molar-refractivity contribution is 0.661. The number of aromatic nitrogens is 4. The minimum Gasteiger partial charge on any atom is -0.310 e. The Balaban J connectivity index is 0.787. The molecule has 0 bridgehead atoms. The highest BCUT2D eigenvalue weighted by atomic mass is 15.2. The first-order valence-corrected chi connectivity index (χ1v) is 33.6. The van der Waals surface area contributed by atoms with Gasteiger partial charge in [-0.15, -0.1) is 0 Å². The average molecular weight is 1240 g/mol. The fraction of sp³-hybridized carbons (Fsp3) is 0.0330. The minimum absolute atomic E-state index is 0.456. The summed E-state index contributed by atoms with van der Waals surface area (Å²) < 4.78 is 9.72. The summed E-state index contributed by atoms with van der Waals surface area (Å²) in [5.74, 6) is 0. The van der Waals surface area contributed by atoms with Crippen molar-refractivity contribution >= 4 is 132 Å². The van der Waals surface area contributed by atoms with E-state index < -0.39 is 5.41 Å². The van der Waals surface area contributed by atoms with Crippen LogP contribution in [0.5, 0.6) is 0 Å². The number of benzene rings is 15. The van der Waals surface area contributed by atoms with Gasteiger partial charge >= 0.3 is 0 Å². The fourth-order valence-corrected chi connectivity index (χ4v) is 16.6. The van der Waals surface area contributed by atoms with Crippen molar-refractivity contribution in [3.63, 3.8) is 0 Å². The van der Waals surface area contributed by atoms with E-state index in [0.717, 1.165) is 56.9 Å². The molecule has 4 heterocycles. The second-order valence-corrected chi connectivity index (χ2v) is 26.4. The molecule has 0 atom stereocenters. The van der Waals surface area contributed by atoms with E-state index in [1.165, 1.54) is 120 Å². The third kappa shape index (κ3) is 8.20. The molecule has 97 heavy (non-hydrogen) atoms. The van der Waals surface area contributed by atoms with Crippen LogP contribution in [0.15, 0.2) is 340 Å². The zero-order chi connectivity index (χ0) is 64.0. The molecule has 6 nitrogen and oxygen atoms in total. The van der Waals surface area contributed by atoms with E-state index in [1.54, 1.807) is 0 Å². The molecule has 20 rings (SSSR count). The van der Waals surface area contributed by atoms with Crippen LogP contribution in [0, 0.1) is 0 Å². The molecule has 0 aliphatic heterocycles. The third-order valence-corrected chi connectivity index (χ3v) is 20.8. The van der Waals surface area contributed by atoms with Gasteiger partial charge in [-0.2, -0.15) is 0 Å². The van der Waals surface area contributed by atoms with E-state index in [0.29, 0.717) is 0 Å². The van der Waals surface area contributed by atoms with E-state index in [9.17, 15) is 0 Å². The van der Waals surface area contributed by atoms with E-state index in [4.69, 9.17) is 0 Å². The van der Waals surface area contributed by atoms with Gasteiger partial charge in [0.05, 0.1) is 49.8 Å². The molecule has 0 saturated carbocycles. The van der Waals surface area contributed by atoms with Crippen LogP contribution in [0.2, 0.25) is 0 Å². The molecule has 1 aliphatic rings. The first-order valence-electron chi connectivity index (χ1n) is 33.6. The quantitative estimate of drug-likeness (QED) is 0.136. The summed E-state index contributed by atoms with van der Waals surface area (Å²) in [4.78, 5) is 5.01. The van der Waals surface area contributed by atoms with Crippen LogP contribution in [0.4, 0.5) is 34.1 Å². The molecule has 0 fully saturated rings. The van der Waals surface area contributed by atoms with Crippen molar-refractivity contribution in [1.29, 1.82) is 0 Å². The zero-order valence-corrected chi connectivity index (χ0v) is 53.5. The lowest BCUT2D eigenvalue weighted by atomic mass is 9.81. The van der Waals surface area contributed by atoms with Crippen molar-refractivity contribution in [2.75, 3.05) is 9.80 Å². The zero-order valence-electron chi connectivity index (χ0n) is 53.5. The van der Waals surface area contributed by atoms with Gasteiger partial charge in [0.15, 0.2) is 0 Å². The summed E-state index contributed by atoms with van der Waals surface area (Å²) in [6, 6.07) is 126. The van der Waals surface area contributed by atoms with Gasteiger partial charge in [0.1, 0.15) is 0 Å². The van der Waals surface area contributed by atoms with Gasteiger partial charge in [-0.1, -0.05) is 214 Å². The third-order valence-electron chi connectivity index (χ3n) is 20.8. The minimum atomic E-state index is -0.456. The molecular weight excluding hydrogens is 1180 g/mol. The number of anilines is 6. The van der Waals surface area contributed by atoms with Gasteiger partial charge < -0.3 is 28.1 Å². The second-order valence-electron chi connectivity index (χ2n) is 26.4. The monoisotopic (exact) mass is 1240 g/mol. The molecule has 15 aromatic carbocycles. The standard InChI is InChI=1S/C91H62N6/c1-91(2)79-57-67(92(59-25-21-29-63(53-59)94-81-43-13-5-33-68(81)69-34-6-14-44-82(69)94)60-26-22-30-64(54-60)95-83-45-15-7-35-70(83)71-36-8-16-46-84(71)95)51-52-78(79)90-77-42-4-3-41-76(77)89(58-80(90)91)93(61-27-23-31-65(55-61)96-85-47-17-9-37-72(85)73-38-10-18-48-86(73)96)62-28-24-32-66(56-62)97-87-49-19-11-39-74(87)75-40-12-20-50-88(75)97/h3-58H,1-2H3. The van der Waals surface area contributed by atoms with Gasteiger partial charge in [0.2, 0.25) is 0 Å². The lowest BCUT2D eigenvalue weighted by Gasteiger charge is -2.31. The maximum Gasteiger partial charge on any atom is 0.0543 e. The molecule has 0 amide bonds. The molecule has 0 radical (unpaired) electrons. The number of hydrogen-bond acceptors (Lipinski definition) is 2. The lowest BCUT2D eigenvalue weighted by Crippen LogP contribution is -2.18. The van der Waals surface area contributed by atoms with Gasteiger partial charge in [-0.25, -0.2) is 0 Å². The average Bonchev–Trinajstić information content (AvgIpc) is 1.58. The highest BCUT2D eigenvalue weighted by Gasteiger charge is 2.39. The van der Waals surface area contributed by atoms with Gasteiger partial charge in [-0.3, -0.25) is 0 Å². The second kappa shape index (κ2) is 21.2. The predicted molar refractivity (Wildman–Crippen MR) is 408 cm³/mol. The van der Waals surface area contributed by atoms with Crippen molar-refractivity contribution in [1.82, 2.24) is 18.3 Å². The van der Waals surface area contributed by atoms with E-state index in [2.05, 4.69) is 382 Å². The van der Waals surface area contributed by atoms with E-state index in [1.807, 2.05) is 0 Å². The van der Waals surface area contributed by atoms with Crippen LogP contribution >= 0.6 is 0 Å². The summed E-state index contributed by atoms with van der Waals surface area (Å²) in [5, 5.41) is 12.3. The Kier molecular flexibility index (Phi) is 12.0. The van der Waals surface area contributed by atoms with E-state index in [-0.39, 0.29) is 0 Å². The maximum atomic E-state index is 2.53. The molecule has 0 N–H and O–H groups in total. The van der Waals surface area contributed by atoms with Gasteiger partial charge in [-0.05, 0) is 167 Å². The van der Waals surface area contributed by atoms with Gasteiger partial charge in [0.25, 0.3) is 0 Å². The van der Waals surface area contributed by atoms with Crippen molar-refractivity contribution in [3.05, 3.63) is 351 Å². The molecule has 4 aromatic heterocycles. The van der Waals surface area contributed by atoms with Crippen LogP contribution in [-0.4, -0.2) is 18.3 Å². The van der Waals surface area contributed by atoms with Crippen LogP contribution in [0.25, 0.3) is 132 Å². The van der Waals surface area contributed by atoms with Crippen molar-refractivity contribution in [2.45, 2.75) is 19.3 Å². The van der Waals surface area contributed by atoms with Crippen molar-refractivity contribution < 1.29 is 0 Å². The Bertz CT molecular complexity index is 5940. The summed E-state index contributed by atoms with van der Waals surface area (Å²) >= 11 is 0. The Morgan fingerprint density at radius 2 is 0.485 bits per heavy atom. The Hall–Kier alpha value is -12.6. The highest BCUT2D eigenvalue weighted by Crippen LogP contribution is 2.56. The molecule has 6 heteroatoms. The summed E-state index contributed by atoms with van der Waals surface area (Å²) in [6.45, 7) is 4.87. The van der Waals surface area contributed by atoms with Crippen LogP contribution in [0.3, 0.4) is 0 Å². The van der Waals surface area contributed by atoms with Crippen LogP contribution < -0.4 is 9.80 Å². The van der Waals surface area contributed by atoms with Crippen LogP contribution in [0.1, 0.15) is 25.0 Å². The maximum absolute atomic E-state index is 2.53. The predicted octanol–water partition coefficient (Wildman–Crippen LogP) is 24.5. The normalized spacial score (nSPS) is 12.7. The SMILES string of the molecule is CC1(C)c2cc(N(c3cccc(-n4c5ccccc5c5ccccc54)c3)c3cccc(-n4c5ccccc5c5ccccc54)c3)ccc2-c2c1cc(N(c1cccc(-n3c4ccccc4c4ccccc43)c1)c1cccc(-n3c4ccccc4c4ccccc43)c1)c1ccccc21. The summed E-state index contributed by atoms with van der Waals surface area (Å²) in [6.07, 6.45) is 0.